The van der Waals surface area contributed by atoms with Crippen molar-refractivity contribution in [1.29, 1.82) is 0 Å². The standard InChI is InChI=1S/C42H44F7N5O4S/c1-8-23-11-10-12-24(9-2)33(23)53-34(27-15-16-31(43)35-28(27)17-18-52(35)54(32(22-59)37(55)56)38(57)58-39(3,4)5)29-21-51(40(6,7)36(29)50-53)20-25-13-14-26(41(44,45)46)19-30(25)42(47,48)49/h10-19,32,59H,8-9,20-22H2,1-7H3,(H,55,56)/t32-/m0/s1. The molecule has 1 aliphatic heterocycles. The van der Waals surface area contributed by atoms with E-state index in [1.165, 1.54) is 24.4 Å². The molecule has 17 heteroatoms. The van der Waals surface area contributed by atoms with Crippen molar-refractivity contribution in [3.05, 3.63) is 106 Å². The lowest BCUT2D eigenvalue weighted by Crippen LogP contribution is -2.54. The number of carbonyl (C=O) groups is 2. The van der Waals surface area contributed by atoms with E-state index in [1.807, 2.05) is 32.0 Å². The van der Waals surface area contributed by atoms with Crippen LogP contribution in [-0.4, -0.2) is 53.9 Å². The molecule has 9 nitrogen and oxygen atoms in total. The number of aryl methyl sites for hydroxylation is 2. The second-order valence-electron chi connectivity index (χ2n) is 15.9. The van der Waals surface area contributed by atoms with E-state index in [1.54, 1.807) is 44.2 Å². The third-order valence-corrected chi connectivity index (χ3v) is 10.9. The van der Waals surface area contributed by atoms with Crippen LogP contribution in [0.25, 0.3) is 27.8 Å². The highest BCUT2D eigenvalue weighted by atomic mass is 32.1. The van der Waals surface area contributed by atoms with Gasteiger partial charge in [0.15, 0.2) is 6.04 Å². The van der Waals surface area contributed by atoms with Gasteiger partial charge in [0.05, 0.1) is 33.7 Å². The average Bonchev–Trinajstić information content (AvgIpc) is 3.81. The number of alkyl halides is 6. The fourth-order valence-corrected chi connectivity index (χ4v) is 8.00. The predicted octanol–water partition coefficient (Wildman–Crippen LogP) is 10.3. The Morgan fingerprint density at radius 3 is 2.14 bits per heavy atom. The van der Waals surface area contributed by atoms with Crippen molar-refractivity contribution in [2.24, 2.45) is 0 Å². The third kappa shape index (κ3) is 8.02. The summed E-state index contributed by atoms with van der Waals surface area (Å²) in [5.74, 6) is -2.59. The summed E-state index contributed by atoms with van der Waals surface area (Å²) in [6.07, 6.45) is -8.61. The first-order chi connectivity index (χ1) is 27.4. The lowest BCUT2D eigenvalue weighted by molar-refractivity contribution is -0.144. The van der Waals surface area contributed by atoms with E-state index >= 15 is 4.39 Å². The maximum atomic E-state index is 16.3. The number of thiol groups is 1. The Bertz CT molecular complexity index is 2410. The quantitative estimate of drug-likeness (QED) is 0.107. The van der Waals surface area contributed by atoms with Gasteiger partial charge in [0.25, 0.3) is 0 Å². The molecule has 0 bridgehead atoms. The normalized spacial score (nSPS) is 15.1. The molecule has 0 radical (unpaired) electrons. The number of nitrogens with zero attached hydrogens (tertiary/aromatic N) is 5. The zero-order valence-corrected chi connectivity index (χ0v) is 34.3. The number of halogens is 7. The van der Waals surface area contributed by atoms with Gasteiger partial charge in [0, 0.05) is 41.6 Å². The highest BCUT2D eigenvalue weighted by molar-refractivity contribution is 7.80. The van der Waals surface area contributed by atoms with Gasteiger partial charge >= 0.3 is 24.4 Å². The summed E-state index contributed by atoms with van der Waals surface area (Å²) >= 11 is 4.19. The second-order valence-corrected chi connectivity index (χ2v) is 16.2. The number of carboxylic acid groups (broad SMARTS) is 1. The van der Waals surface area contributed by atoms with Crippen LogP contribution >= 0.6 is 12.6 Å². The van der Waals surface area contributed by atoms with E-state index in [2.05, 4.69) is 12.6 Å². The van der Waals surface area contributed by atoms with Gasteiger partial charge in [-0.25, -0.2) is 18.7 Å². The van der Waals surface area contributed by atoms with Gasteiger partial charge in [0.1, 0.15) is 16.9 Å². The van der Waals surface area contributed by atoms with Gasteiger partial charge in [-0.2, -0.15) is 49.1 Å². The van der Waals surface area contributed by atoms with Gasteiger partial charge < -0.3 is 9.84 Å². The van der Waals surface area contributed by atoms with Crippen LogP contribution in [0.15, 0.2) is 60.8 Å². The first kappa shape index (κ1) is 43.5. The van der Waals surface area contributed by atoms with Crippen LogP contribution in [0, 0.1) is 5.82 Å². The summed E-state index contributed by atoms with van der Waals surface area (Å²) in [6, 6.07) is 10.1. The van der Waals surface area contributed by atoms with Gasteiger partial charge in [-0.3, -0.25) is 9.58 Å². The van der Waals surface area contributed by atoms with Crippen LogP contribution in [-0.2, 0) is 53.4 Å². The molecule has 3 aromatic carbocycles. The third-order valence-electron chi connectivity index (χ3n) is 10.6. The molecule has 1 amide bonds. The van der Waals surface area contributed by atoms with Crippen molar-refractivity contribution in [3.8, 4) is 16.9 Å². The fourth-order valence-electron chi connectivity index (χ4n) is 7.69. The van der Waals surface area contributed by atoms with Gasteiger partial charge in [-0.15, -0.1) is 0 Å². The number of fused-ring (bicyclic) bond motifs is 2. The zero-order valence-electron chi connectivity index (χ0n) is 33.4. The lowest BCUT2D eigenvalue weighted by Gasteiger charge is -2.33. The molecule has 59 heavy (non-hydrogen) atoms. The smallest absolute Gasteiger partial charge is 0.430 e. The first-order valence-corrected chi connectivity index (χ1v) is 19.5. The molecule has 0 aliphatic carbocycles. The van der Waals surface area contributed by atoms with Crippen molar-refractivity contribution < 1.29 is 50.2 Å². The molecular formula is C42H44F7N5O4S. The number of carboxylic acids is 1. The van der Waals surface area contributed by atoms with Crippen LogP contribution in [0.5, 0.6) is 0 Å². The van der Waals surface area contributed by atoms with Crippen molar-refractivity contribution in [2.75, 3.05) is 10.8 Å². The van der Waals surface area contributed by atoms with E-state index in [-0.39, 0.29) is 41.4 Å². The predicted molar refractivity (Wildman–Crippen MR) is 212 cm³/mol. The molecule has 0 unspecified atom stereocenters. The topological polar surface area (TPSA) is 92.8 Å². The zero-order chi connectivity index (χ0) is 43.6. The molecule has 2 aromatic heterocycles. The molecule has 0 saturated carbocycles. The summed E-state index contributed by atoms with van der Waals surface area (Å²) in [5.41, 5.74) is -0.958. The largest absolute Gasteiger partial charge is 0.480 e. The Balaban J connectivity index is 1.60. The first-order valence-electron chi connectivity index (χ1n) is 18.9. The van der Waals surface area contributed by atoms with Crippen molar-refractivity contribution in [1.82, 2.24) is 19.4 Å². The van der Waals surface area contributed by atoms with Crippen LogP contribution in [0.3, 0.4) is 0 Å². The number of aliphatic carboxylic acids is 1. The van der Waals surface area contributed by atoms with E-state index in [9.17, 15) is 41.0 Å². The Hall–Kier alpha value is -5.03. The van der Waals surface area contributed by atoms with E-state index in [4.69, 9.17) is 9.84 Å². The van der Waals surface area contributed by atoms with Crippen molar-refractivity contribution in [3.63, 3.8) is 0 Å². The molecular weight excluding hydrogens is 804 g/mol. The Morgan fingerprint density at radius 1 is 0.949 bits per heavy atom. The van der Waals surface area contributed by atoms with Gasteiger partial charge in [0.2, 0.25) is 0 Å². The highest BCUT2D eigenvalue weighted by Crippen LogP contribution is 2.48. The maximum absolute atomic E-state index is 16.3. The minimum atomic E-state index is -5.08. The SMILES string of the molecule is CCc1cccc(CC)c1-n1nc2c(c1-c1ccc(F)c3c1ccn3N(C(=O)OC(C)(C)C)[C@@H](CS)C(=O)O)CN(Cc1ccc(C(F)(F)F)cc1C(F)(F)F)C2(C)C. The molecule has 0 spiro atoms. The van der Waals surface area contributed by atoms with Crippen LogP contribution in [0.2, 0.25) is 0 Å². The molecule has 5 aromatic rings. The number of aromatic nitrogens is 3. The average molecular weight is 848 g/mol. The van der Waals surface area contributed by atoms with Crippen molar-refractivity contribution >= 4 is 35.6 Å². The highest BCUT2D eigenvalue weighted by Gasteiger charge is 2.46. The molecule has 1 aliphatic rings. The number of hydrogen-bond acceptors (Lipinski definition) is 6. The summed E-state index contributed by atoms with van der Waals surface area (Å²) in [5, 5.41) is 16.3. The number of benzene rings is 3. The monoisotopic (exact) mass is 847 g/mol. The second kappa shape index (κ2) is 15.5. The Labute approximate surface area is 341 Å². The maximum Gasteiger partial charge on any atom is 0.430 e. The summed E-state index contributed by atoms with van der Waals surface area (Å²) in [6.45, 7) is 11.9. The lowest BCUT2D eigenvalue weighted by atomic mass is 9.96. The summed E-state index contributed by atoms with van der Waals surface area (Å²) in [4.78, 5) is 27.9. The van der Waals surface area contributed by atoms with Crippen LogP contribution < -0.4 is 5.01 Å². The number of amides is 1. The minimum Gasteiger partial charge on any atom is -0.480 e. The minimum absolute atomic E-state index is 0.00388. The van der Waals surface area contributed by atoms with E-state index in [0.29, 0.717) is 41.4 Å². The van der Waals surface area contributed by atoms with E-state index < -0.39 is 58.5 Å². The van der Waals surface area contributed by atoms with Gasteiger partial charge in [-0.05, 0) is 94.5 Å². The number of ether oxygens (including phenoxy) is 1. The fraction of sp³-hybridized carbons (Fsp3) is 0.405. The van der Waals surface area contributed by atoms with Gasteiger partial charge in [-0.1, -0.05) is 38.1 Å². The molecule has 1 atom stereocenters. The molecule has 3 heterocycles. The number of para-hydroxylation sites is 1. The van der Waals surface area contributed by atoms with Crippen LogP contribution in [0.1, 0.15) is 87.5 Å². The molecule has 0 fully saturated rings. The molecule has 316 valence electrons. The molecule has 1 N–H and O–H groups in total. The summed E-state index contributed by atoms with van der Waals surface area (Å²) < 4.78 is 108. The number of rotatable bonds is 10. The molecule has 0 saturated heterocycles. The van der Waals surface area contributed by atoms with Crippen molar-refractivity contribution in [2.45, 2.75) is 104 Å². The summed E-state index contributed by atoms with van der Waals surface area (Å²) in [7, 11) is 0. The Kier molecular flexibility index (Phi) is 11.5. The number of hydrogen-bond donors (Lipinski definition) is 2. The van der Waals surface area contributed by atoms with Crippen LogP contribution in [0.4, 0.5) is 35.5 Å². The van der Waals surface area contributed by atoms with E-state index in [0.717, 1.165) is 32.6 Å². The molecule has 6 rings (SSSR count). The number of carbonyl (C=O) groups excluding carboxylic acids is 1. The Morgan fingerprint density at radius 2 is 1.59 bits per heavy atom.